The Bertz CT molecular complexity index is 1080. The summed E-state index contributed by atoms with van der Waals surface area (Å²) in [6.07, 6.45) is 3.07. The molecule has 1 unspecified atom stereocenters. The molecule has 1 aromatic carbocycles. The molecule has 28 heavy (non-hydrogen) atoms. The topological polar surface area (TPSA) is 120 Å². The number of anilines is 1. The fourth-order valence-corrected chi connectivity index (χ4v) is 4.78. The van der Waals surface area contributed by atoms with Crippen molar-refractivity contribution in [2.75, 3.05) is 23.9 Å². The summed E-state index contributed by atoms with van der Waals surface area (Å²) in [7, 11) is -1.57. The molecule has 1 fully saturated rings. The van der Waals surface area contributed by atoms with Crippen molar-refractivity contribution in [2.24, 2.45) is 0 Å². The van der Waals surface area contributed by atoms with Gasteiger partial charge in [0.15, 0.2) is 9.84 Å². The fourth-order valence-electron chi connectivity index (χ4n) is 3.00. The zero-order valence-corrected chi connectivity index (χ0v) is 15.9. The number of rotatable bonds is 4. The summed E-state index contributed by atoms with van der Waals surface area (Å²) >= 11 is 0. The number of nitrogens with one attached hydrogen (secondary N) is 1. The van der Waals surface area contributed by atoms with Gasteiger partial charge in [0.1, 0.15) is 0 Å². The SMILES string of the molecule is CN(C(=O)c1cncc(C(=O)Nc2cccc(C#N)c2)c1)C1CCS(=O)(=O)C1. The van der Waals surface area contributed by atoms with Crippen LogP contribution in [0.4, 0.5) is 5.69 Å². The lowest BCUT2D eigenvalue weighted by Gasteiger charge is -2.23. The number of benzene rings is 1. The van der Waals surface area contributed by atoms with Crippen molar-refractivity contribution in [3.8, 4) is 6.07 Å². The maximum atomic E-state index is 12.7. The van der Waals surface area contributed by atoms with E-state index >= 15 is 0 Å². The molecule has 1 N–H and O–H groups in total. The number of nitriles is 1. The summed E-state index contributed by atoms with van der Waals surface area (Å²) in [6, 6.07) is 9.48. The zero-order chi connectivity index (χ0) is 20.3. The first-order valence-corrected chi connectivity index (χ1v) is 10.4. The van der Waals surface area contributed by atoms with Gasteiger partial charge < -0.3 is 10.2 Å². The highest BCUT2D eigenvalue weighted by molar-refractivity contribution is 7.91. The average molecular weight is 398 g/mol. The summed E-state index contributed by atoms with van der Waals surface area (Å²) in [4.78, 5) is 30.5. The lowest BCUT2D eigenvalue weighted by molar-refractivity contribution is 0.0747. The minimum atomic E-state index is -3.11. The van der Waals surface area contributed by atoms with Gasteiger partial charge in [-0.05, 0) is 30.7 Å². The van der Waals surface area contributed by atoms with Crippen LogP contribution < -0.4 is 5.32 Å². The second-order valence-corrected chi connectivity index (χ2v) is 8.81. The fraction of sp³-hybridized carbons (Fsp3) is 0.263. The lowest BCUT2D eigenvalue weighted by Crippen LogP contribution is -2.38. The Morgan fingerprint density at radius 1 is 1.25 bits per heavy atom. The van der Waals surface area contributed by atoms with Gasteiger partial charge in [0, 0.05) is 31.2 Å². The van der Waals surface area contributed by atoms with Crippen LogP contribution in [0.2, 0.25) is 0 Å². The number of carbonyl (C=O) groups excluding carboxylic acids is 2. The van der Waals surface area contributed by atoms with Crippen LogP contribution in [0.15, 0.2) is 42.7 Å². The first-order chi connectivity index (χ1) is 13.3. The predicted octanol–water partition coefficient (Wildman–Crippen LogP) is 1.46. The molecule has 0 radical (unpaired) electrons. The number of carbonyl (C=O) groups is 2. The molecule has 0 bridgehead atoms. The molecule has 8 nitrogen and oxygen atoms in total. The van der Waals surface area contributed by atoms with Crippen molar-refractivity contribution in [1.82, 2.24) is 9.88 Å². The Kier molecular flexibility index (Phi) is 5.42. The van der Waals surface area contributed by atoms with E-state index in [2.05, 4.69) is 10.3 Å². The van der Waals surface area contributed by atoms with Crippen LogP contribution in [0.25, 0.3) is 0 Å². The van der Waals surface area contributed by atoms with E-state index in [1.54, 1.807) is 25.2 Å². The molecule has 0 spiro atoms. The van der Waals surface area contributed by atoms with E-state index in [1.165, 1.54) is 29.4 Å². The van der Waals surface area contributed by atoms with E-state index in [9.17, 15) is 18.0 Å². The van der Waals surface area contributed by atoms with Gasteiger partial charge in [-0.25, -0.2) is 8.42 Å². The number of amides is 2. The zero-order valence-electron chi connectivity index (χ0n) is 15.1. The van der Waals surface area contributed by atoms with E-state index in [1.807, 2.05) is 6.07 Å². The van der Waals surface area contributed by atoms with Crippen molar-refractivity contribution < 1.29 is 18.0 Å². The van der Waals surface area contributed by atoms with Crippen molar-refractivity contribution in [2.45, 2.75) is 12.5 Å². The molecule has 1 atom stereocenters. The van der Waals surface area contributed by atoms with Crippen LogP contribution in [0, 0.1) is 11.3 Å². The van der Waals surface area contributed by atoms with Gasteiger partial charge in [-0.15, -0.1) is 0 Å². The van der Waals surface area contributed by atoms with Gasteiger partial charge in [0.05, 0.1) is 34.3 Å². The van der Waals surface area contributed by atoms with Crippen molar-refractivity contribution in [3.05, 3.63) is 59.4 Å². The number of hydrogen-bond acceptors (Lipinski definition) is 6. The maximum Gasteiger partial charge on any atom is 0.257 e. The molecule has 1 aliphatic heterocycles. The summed E-state index contributed by atoms with van der Waals surface area (Å²) in [5, 5.41) is 11.6. The van der Waals surface area contributed by atoms with E-state index < -0.39 is 21.7 Å². The van der Waals surface area contributed by atoms with Crippen LogP contribution in [-0.4, -0.2) is 54.7 Å². The molecular formula is C19H18N4O4S. The third kappa shape index (κ3) is 4.35. The molecular weight excluding hydrogens is 380 g/mol. The van der Waals surface area contributed by atoms with Crippen LogP contribution in [0.5, 0.6) is 0 Å². The number of nitrogens with zero attached hydrogens (tertiary/aromatic N) is 3. The Morgan fingerprint density at radius 3 is 2.68 bits per heavy atom. The summed E-state index contributed by atoms with van der Waals surface area (Å²) in [5.74, 6) is -0.852. The smallest absolute Gasteiger partial charge is 0.257 e. The molecule has 1 aromatic heterocycles. The summed E-state index contributed by atoms with van der Waals surface area (Å²) in [5.41, 5.74) is 1.24. The van der Waals surface area contributed by atoms with Crippen molar-refractivity contribution in [1.29, 1.82) is 5.26 Å². The summed E-state index contributed by atoms with van der Waals surface area (Å²) < 4.78 is 23.3. The molecule has 2 heterocycles. The van der Waals surface area contributed by atoms with Gasteiger partial charge in [-0.2, -0.15) is 5.26 Å². The van der Waals surface area contributed by atoms with Gasteiger partial charge in [0.2, 0.25) is 0 Å². The largest absolute Gasteiger partial charge is 0.338 e. The average Bonchev–Trinajstić information content (AvgIpc) is 3.06. The number of aromatic nitrogens is 1. The number of sulfone groups is 1. The lowest BCUT2D eigenvalue weighted by atomic mass is 10.1. The first-order valence-electron chi connectivity index (χ1n) is 8.53. The molecule has 2 aromatic rings. The highest BCUT2D eigenvalue weighted by Crippen LogP contribution is 2.19. The van der Waals surface area contributed by atoms with Gasteiger partial charge in [-0.3, -0.25) is 14.6 Å². The molecule has 144 valence electrons. The molecule has 3 rings (SSSR count). The standard InChI is InChI=1S/C19H18N4O4S/c1-23(17-5-6-28(26,27)12-17)19(25)15-8-14(10-21-11-15)18(24)22-16-4-2-3-13(7-16)9-20/h2-4,7-8,10-11,17H,5-6,12H2,1H3,(H,22,24). The predicted molar refractivity (Wildman–Crippen MR) is 102 cm³/mol. The highest BCUT2D eigenvalue weighted by atomic mass is 32.2. The Balaban J connectivity index is 1.75. The van der Waals surface area contributed by atoms with Crippen molar-refractivity contribution in [3.63, 3.8) is 0 Å². The first kappa shape index (κ1) is 19.5. The highest BCUT2D eigenvalue weighted by Gasteiger charge is 2.33. The quantitative estimate of drug-likeness (QED) is 0.832. The van der Waals surface area contributed by atoms with Crippen LogP contribution in [0.1, 0.15) is 32.7 Å². The van der Waals surface area contributed by atoms with E-state index in [4.69, 9.17) is 5.26 Å². The van der Waals surface area contributed by atoms with Gasteiger partial charge in [-0.1, -0.05) is 6.07 Å². The molecule has 1 aliphatic rings. The Labute approximate surface area is 162 Å². The molecule has 1 saturated heterocycles. The monoisotopic (exact) mass is 398 g/mol. The summed E-state index contributed by atoms with van der Waals surface area (Å²) in [6.45, 7) is 0. The molecule has 0 aliphatic carbocycles. The third-order valence-corrected chi connectivity index (χ3v) is 6.32. The Morgan fingerprint density at radius 2 is 2.00 bits per heavy atom. The van der Waals surface area contributed by atoms with E-state index in [0.717, 1.165) is 0 Å². The van der Waals surface area contributed by atoms with Gasteiger partial charge in [0.25, 0.3) is 11.8 Å². The third-order valence-electron chi connectivity index (χ3n) is 4.57. The van der Waals surface area contributed by atoms with Crippen molar-refractivity contribution >= 4 is 27.3 Å². The van der Waals surface area contributed by atoms with E-state index in [-0.39, 0.29) is 28.7 Å². The second-order valence-electron chi connectivity index (χ2n) is 6.58. The minimum Gasteiger partial charge on any atom is -0.338 e. The normalized spacial score (nSPS) is 17.5. The van der Waals surface area contributed by atoms with Crippen LogP contribution >= 0.6 is 0 Å². The van der Waals surface area contributed by atoms with E-state index in [0.29, 0.717) is 17.7 Å². The number of hydrogen-bond donors (Lipinski definition) is 1. The van der Waals surface area contributed by atoms with Gasteiger partial charge >= 0.3 is 0 Å². The minimum absolute atomic E-state index is 0.0575. The maximum absolute atomic E-state index is 12.7. The molecule has 0 saturated carbocycles. The number of pyridine rings is 1. The van der Waals surface area contributed by atoms with Crippen LogP contribution in [0.3, 0.4) is 0 Å². The molecule has 9 heteroatoms. The van der Waals surface area contributed by atoms with Crippen LogP contribution in [-0.2, 0) is 9.84 Å². The second kappa shape index (κ2) is 7.78. The Hall–Kier alpha value is -3.25. The molecule has 2 amide bonds.